The minimum atomic E-state index is -4.43. The number of anilines is 1. The fourth-order valence-electron chi connectivity index (χ4n) is 3.89. The number of hydrogen-bond donors (Lipinski definition) is 0. The van der Waals surface area contributed by atoms with E-state index >= 15 is 0 Å². The predicted molar refractivity (Wildman–Crippen MR) is 136 cm³/mol. The maximum Gasteiger partial charge on any atom is 0.434 e. The Kier molecular flexibility index (Phi) is 5.66. The molecule has 35 heavy (non-hydrogen) atoms. The van der Waals surface area contributed by atoms with Crippen LogP contribution < -0.4 is 14.0 Å². The molecule has 0 fully saturated rings. The zero-order chi connectivity index (χ0) is 24.7. The van der Waals surface area contributed by atoms with Crippen LogP contribution in [0.15, 0.2) is 93.0 Å². The number of fused-ring (bicyclic) bond motifs is 3. The molecule has 0 aliphatic carbocycles. The summed E-state index contributed by atoms with van der Waals surface area (Å²) in [7, 11) is -4.43. The Balaban J connectivity index is 1.80. The largest absolute Gasteiger partial charge is 0.434 e. The summed E-state index contributed by atoms with van der Waals surface area (Å²) in [6.07, 6.45) is -1.10. The van der Waals surface area contributed by atoms with E-state index in [1.54, 1.807) is 80.6 Å². The van der Waals surface area contributed by atoms with E-state index in [1.807, 2.05) is 0 Å². The number of hydrogen-bond acceptors (Lipinski definition) is 7. The summed E-state index contributed by atoms with van der Waals surface area (Å²) < 4.78 is 40.1. The first-order chi connectivity index (χ1) is 16.8. The van der Waals surface area contributed by atoms with E-state index in [9.17, 15) is 18.0 Å². The van der Waals surface area contributed by atoms with Crippen molar-refractivity contribution in [2.45, 2.75) is 18.7 Å². The molecule has 0 atom stereocenters. The first-order valence-corrected chi connectivity index (χ1v) is 12.9. The standard InChI is InChI=1S/C26H19NO6S2/c1-16-12-13-17(2)23(14-16)35(30,31)27(25(28)32-18-8-4-3-5-9-18)21-15-22-24(33-26(29)34-22)20-11-7-6-10-19(20)21/h3-15H,1-2H3. The summed E-state index contributed by atoms with van der Waals surface area (Å²) in [6.45, 7) is 3.44. The quantitative estimate of drug-likeness (QED) is 0.297. The maximum atomic E-state index is 14.1. The number of benzene rings is 4. The Labute approximate surface area is 204 Å². The van der Waals surface area contributed by atoms with Gasteiger partial charge < -0.3 is 9.15 Å². The number of ether oxygens (including phenoxy) is 1. The van der Waals surface area contributed by atoms with Gasteiger partial charge in [-0.25, -0.2) is 18.0 Å². The van der Waals surface area contributed by atoms with Crippen LogP contribution in [0.5, 0.6) is 5.75 Å². The first-order valence-electron chi connectivity index (χ1n) is 10.6. The molecule has 9 heteroatoms. The van der Waals surface area contributed by atoms with Crippen LogP contribution >= 0.6 is 11.3 Å². The number of nitrogens with zero attached hydrogens (tertiary/aromatic N) is 1. The third-order valence-electron chi connectivity index (χ3n) is 5.51. The van der Waals surface area contributed by atoms with Crippen LogP contribution in [0, 0.1) is 13.8 Å². The molecule has 0 aliphatic rings. The van der Waals surface area contributed by atoms with Crippen LogP contribution in [0.3, 0.4) is 0 Å². The van der Waals surface area contributed by atoms with Crippen molar-refractivity contribution < 1.29 is 22.4 Å². The average Bonchev–Trinajstić information content (AvgIpc) is 3.21. The third kappa shape index (κ3) is 4.09. The Morgan fingerprint density at radius 2 is 1.60 bits per heavy atom. The van der Waals surface area contributed by atoms with Gasteiger partial charge in [0.25, 0.3) is 10.0 Å². The van der Waals surface area contributed by atoms with Crippen molar-refractivity contribution in [3.05, 3.63) is 99.7 Å². The predicted octanol–water partition coefficient (Wildman–Crippen LogP) is 6.02. The van der Waals surface area contributed by atoms with Crippen molar-refractivity contribution in [1.29, 1.82) is 0 Å². The monoisotopic (exact) mass is 505 g/mol. The van der Waals surface area contributed by atoms with E-state index in [4.69, 9.17) is 9.15 Å². The first kappa shape index (κ1) is 22.8. The summed E-state index contributed by atoms with van der Waals surface area (Å²) in [5.74, 6) is 0.192. The lowest BCUT2D eigenvalue weighted by Gasteiger charge is -2.24. The van der Waals surface area contributed by atoms with Crippen LogP contribution in [0.2, 0.25) is 0 Å². The molecule has 7 nitrogen and oxygen atoms in total. The zero-order valence-corrected chi connectivity index (χ0v) is 20.4. The second-order valence-corrected chi connectivity index (χ2v) is 10.7. The highest BCUT2D eigenvalue weighted by Crippen LogP contribution is 2.38. The Morgan fingerprint density at radius 1 is 0.914 bits per heavy atom. The molecule has 176 valence electrons. The lowest BCUT2D eigenvalue weighted by Crippen LogP contribution is -2.39. The molecule has 0 bridgehead atoms. The van der Waals surface area contributed by atoms with E-state index in [0.717, 1.165) is 16.9 Å². The number of carbonyl (C=O) groups excluding carboxylic acids is 1. The number of sulfonamides is 1. The SMILES string of the molecule is Cc1ccc(C)c(S(=O)(=O)N(C(=O)Oc2ccccc2)c2cc3sc(=O)oc3c3ccccc23)c1. The molecule has 1 heterocycles. The van der Waals surface area contributed by atoms with Gasteiger partial charge >= 0.3 is 11.0 Å². The van der Waals surface area contributed by atoms with Crippen molar-refractivity contribution in [1.82, 2.24) is 0 Å². The van der Waals surface area contributed by atoms with Crippen LogP contribution in [-0.4, -0.2) is 14.5 Å². The molecule has 0 radical (unpaired) electrons. The minimum Gasteiger partial charge on any atom is -0.413 e. The van der Waals surface area contributed by atoms with Crippen molar-refractivity contribution in [2.24, 2.45) is 0 Å². The highest BCUT2D eigenvalue weighted by Gasteiger charge is 2.36. The topological polar surface area (TPSA) is 93.9 Å². The van der Waals surface area contributed by atoms with Gasteiger partial charge in [-0.05, 0) is 49.2 Å². The molecular weight excluding hydrogens is 486 g/mol. The highest BCUT2D eigenvalue weighted by molar-refractivity contribution is 7.93. The maximum absolute atomic E-state index is 14.1. The number of aryl methyl sites for hydroxylation is 2. The Hall–Kier alpha value is -3.95. The summed E-state index contributed by atoms with van der Waals surface area (Å²) in [6, 6.07) is 21.5. The van der Waals surface area contributed by atoms with Crippen molar-refractivity contribution >= 4 is 54.2 Å². The summed E-state index contributed by atoms with van der Waals surface area (Å²) in [5.41, 5.74) is 1.59. The molecule has 5 rings (SSSR count). The summed E-state index contributed by atoms with van der Waals surface area (Å²) in [5, 5.41) is 0.924. The van der Waals surface area contributed by atoms with Crippen molar-refractivity contribution in [2.75, 3.05) is 4.31 Å². The number of carbonyl (C=O) groups is 1. The van der Waals surface area contributed by atoms with Gasteiger partial charge in [-0.2, -0.15) is 4.31 Å². The molecule has 1 amide bonds. The van der Waals surface area contributed by atoms with E-state index in [1.165, 1.54) is 12.1 Å². The van der Waals surface area contributed by atoms with E-state index < -0.39 is 21.1 Å². The van der Waals surface area contributed by atoms with E-state index in [-0.39, 0.29) is 16.3 Å². The van der Waals surface area contributed by atoms with Crippen LogP contribution in [-0.2, 0) is 10.0 Å². The average molecular weight is 506 g/mol. The summed E-state index contributed by atoms with van der Waals surface area (Å²) >= 11 is 0.830. The van der Waals surface area contributed by atoms with Gasteiger partial charge in [-0.15, -0.1) is 0 Å². The molecule has 1 aromatic heterocycles. The molecule has 0 saturated heterocycles. The second kappa shape index (κ2) is 8.68. The minimum absolute atomic E-state index is 0.0212. The van der Waals surface area contributed by atoms with Gasteiger partial charge in [0.2, 0.25) is 0 Å². The molecule has 0 unspecified atom stereocenters. The molecule has 4 aromatic carbocycles. The Bertz CT molecular complexity index is 1750. The second-order valence-electron chi connectivity index (χ2n) is 7.94. The zero-order valence-electron chi connectivity index (χ0n) is 18.7. The van der Waals surface area contributed by atoms with E-state index in [2.05, 4.69) is 0 Å². The smallest absolute Gasteiger partial charge is 0.413 e. The number of para-hydroxylation sites is 1. The normalized spacial score (nSPS) is 11.6. The van der Waals surface area contributed by atoms with Crippen LogP contribution in [0.25, 0.3) is 21.1 Å². The van der Waals surface area contributed by atoms with Gasteiger partial charge in [-0.1, -0.05) is 65.9 Å². The number of amides is 1. The molecular formula is C26H19NO6S2. The van der Waals surface area contributed by atoms with Gasteiger partial charge in [-0.3, -0.25) is 0 Å². The molecule has 0 spiro atoms. The summed E-state index contributed by atoms with van der Waals surface area (Å²) in [4.78, 5) is 25.0. The molecule has 0 saturated carbocycles. The van der Waals surface area contributed by atoms with Crippen molar-refractivity contribution in [3.8, 4) is 5.75 Å². The Morgan fingerprint density at radius 3 is 2.34 bits per heavy atom. The van der Waals surface area contributed by atoms with Crippen LogP contribution in [0.4, 0.5) is 10.5 Å². The van der Waals surface area contributed by atoms with Gasteiger partial charge in [0, 0.05) is 10.8 Å². The number of rotatable bonds is 4. The van der Waals surface area contributed by atoms with Gasteiger partial charge in [0.15, 0.2) is 5.58 Å². The molecule has 0 aliphatic heterocycles. The fourth-order valence-corrected chi connectivity index (χ4v) is 6.26. The van der Waals surface area contributed by atoms with Crippen molar-refractivity contribution in [3.63, 3.8) is 0 Å². The van der Waals surface area contributed by atoms with Gasteiger partial charge in [0.1, 0.15) is 5.75 Å². The lowest BCUT2D eigenvalue weighted by molar-refractivity contribution is 0.211. The molecule has 5 aromatic rings. The highest BCUT2D eigenvalue weighted by atomic mass is 32.2. The van der Waals surface area contributed by atoms with Gasteiger partial charge in [0.05, 0.1) is 15.3 Å². The van der Waals surface area contributed by atoms with E-state index in [0.29, 0.717) is 30.9 Å². The van der Waals surface area contributed by atoms with Crippen LogP contribution in [0.1, 0.15) is 11.1 Å². The fraction of sp³-hybridized carbons (Fsp3) is 0.0769. The lowest BCUT2D eigenvalue weighted by atomic mass is 10.1. The third-order valence-corrected chi connectivity index (χ3v) is 8.11. The molecule has 0 N–H and O–H groups in total.